The summed E-state index contributed by atoms with van der Waals surface area (Å²) in [5.74, 6) is 0. The SMILES string of the molecule is c1cc(-c2ccc3c(c2)sc2ccccc23)cc(N(c2cccc(-c3cccc4c3sc3ccccc34)c2)c2ccccc2-c2cccc3ccccc23)c1. The van der Waals surface area contributed by atoms with Crippen molar-refractivity contribution in [1.29, 1.82) is 0 Å². The van der Waals surface area contributed by atoms with Crippen molar-refractivity contribution in [2.75, 3.05) is 4.90 Å². The lowest BCUT2D eigenvalue weighted by Crippen LogP contribution is -2.11. The largest absolute Gasteiger partial charge is 0.310 e. The Morgan fingerprint density at radius 2 is 0.855 bits per heavy atom. The smallest absolute Gasteiger partial charge is 0.0540 e. The van der Waals surface area contributed by atoms with Crippen molar-refractivity contribution in [2.45, 2.75) is 0 Å². The summed E-state index contributed by atoms with van der Waals surface area (Å²) in [6.45, 7) is 0. The number of hydrogen-bond donors (Lipinski definition) is 0. The lowest BCUT2D eigenvalue weighted by atomic mass is 9.95. The van der Waals surface area contributed by atoms with E-state index in [2.05, 4.69) is 205 Å². The summed E-state index contributed by atoms with van der Waals surface area (Å²) < 4.78 is 5.27. The molecule has 0 N–H and O–H groups in total. The molecule has 0 spiro atoms. The Hall–Kier alpha value is -6.52. The van der Waals surface area contributed by atoms with Crippen molar-refractivity contribution in [3.8, 4) is 33.4 Å². The predicted molar refractivity (Wildman–Crippen MR) is 241 cm³/mol. The molecule has 55 heavy (non-hydrogen) atoms. The first-order valence-electron chi connectivity index (χ1n) is 18.7. The van der Waals surface area contributed by atoms with Crippen LogP contribution in [-0.2, 0) is 0 Å². The maximum absolute atomic E-state index is 2.45. The minimum atomic E-state index is 1.11. The van der Waals surface area contributed by atoms with Crippen LogP contribution in [-0.4, -0.2) is 0 Å². The van der Waals surface area contributed by atoms with Crippen LogP contribution in [0.4, 0.5) is 17.1 Å². The van der Waals surface area contributed by atoms with Gasteiger partial charge in [-0.3, -0.25) is 0 Å². The molecular weight excluding hydrogens is 703 g/mol. The van der Waals surface area contributed by atoms with E-state index in [1.807, 2.05) is 22.7 Å². The first kappa shape index (κ1) is 32.0. The van der Waals surface area contributed by atoms with Gasteiger partial charge in [-0.15, -0.1) is 22.7 Å². The van der Waals surface area contributed by atoms with Gasteiger partial charge in [-0.05, 0) is 87.1 Å². The molecule has 1 nitrogen and oxygen atoms in total. The third kappa shape index (κ3) is 5.43. The van der Waals surface area contributed by atoms with E-state index in [9.17, 15) is 0 Å². The molecule has 0 fully saturated rings. The van der Waals surface area contributed by atoms with Crippen LogP contribution in [0.25, 0.3) is 84.5 Å². The van der Waals surface area contributed by atoms with Crippen LogP contribution in [0.3, 0.4) is 0 Å². The summed E-state index contributed by atoms with van der Waals surface area (Å²) in [5, 5.41) is 7.75. The minimum absolute atomic E-state index is 1.11. The van der Waals surface area contributed by atoms with E-state index < -0.39 is 0 Å². The van der Waals surface area contributed by atoms with Crippen LogP contribution >= 0.6 is 22.7 Å². The average Bonchev–Trinajstić information content (AvgIpc) is 3.82. The standard InChI is InChI=1S/C52H33NS2/c1-2-19-40-34(13-1)14-11-24-42(40)43-20-3-6-26-48(43)53(38-17-9-15-35(31-38)36-29-30-46-44-21-4-7-27-49(44)54-51(46)33-36)39-18-10-16-37(32-39)41-23-12-25-47-45-22-5-8-28-50(45)55-52(41)47/h1-33H. The lowest BCUT2D eigenvalue weighted by Gasteiger charge is -2.29. The second-order valence-electron chi connectivity index (χ2n) is 14.1. The molecule has 0 saturated carbocycles. The Labute approximate surface area is 327 Å². The van der Waals surface area contributed by atoms with Crippen LogP contribution in [0.1, 0.15) is 0 Å². The number of nitrogens with zero attached hydrogens (tertiary/aromatic N) is 1. The van der Waals surface area contributed by atoms with E-state index >= 15 is 0 Å². The van der Waals surface area contributed by atoms with Gasteiger partial charge >= 0.3 is 0 Å². The molecule has 0 aliphatic heterocycles. The van der Waals surface area contributed by atoms with Crippen LogP contribution in [0.5, 0.6) is 0 Å². The molecule has 0 bridgehead atoms. The van der Waals surface area contributed by atoms with Crippen molar-refractivity contribution in [3.63, 3.8) is 0 Å². The molecule has 0 atom stereocenters. The third-order valence-electron chi connectivity index (χ3n) is 10.9. The van der Waals surface area contributed by atoms with Crippen molar-refractivity contribution in [3.05, 3.63) is 200 Å². The summed E-state index contributed by atoms with van der Waals surface area (Å²) in [7, 11) is 0. The fourth-order valence-corrected chi connectivity index (χ4v) is 10.7. The number of benzene rings is 9. The molecule has 11 aromatic rings. The summed E-state index contributed by atoms with van der Waals surface area (Å²) in [5.41, 5.74) is 10.6. The summed E-state index contributed by atoms with van der Waals surface area (Å²) in [4.78, 5) is 2.45. The molecular formula is C52H33NS2. The Morgan fingerprint density at radius 1 is 0.309 bits per heavy atom. The lowest BCUT2D eigenvalue weighted by molar-refractivity contribution is 1.28. The van der Waals surface area contributed by atoms with E-state index in [1.54, 1.807) is 0 Å². The van der Waals surface area contributed by atoms with Gasteiger partial charge < -0.3 is 4.90 Å². The molecule has 2 heterocycles. The van der Waals surface area contributed by atoms with E-state index in [-0.39, 0.29) is 0 Å². The Balaban J connectivity index is 1.11. The van der Waals surface area contributed by atoms with Gasteiger partial charge in [-0.2, -0.15) is 0 Å². The first-order valence-corrected chi connectivity index (χ1v) is 20.3. The van der Waals surface area contributed by atoms with Gasteiger partial charge in [0.15, 0.2) is 0 Å². The van der Waals surface area contributed by atoms with Gasteiger partial charge in [0, 0.05) is 57.3 Å². The first-order chi connectivity index (χ1) is 27.3. The van der Waals surface area contributed by atoms with Crippen LogP contribution < -0.4 is 4.90 Å². The molecule has 9 aromatic carbocycles. The van der Waals surface area contributed by atoms with Crippen molar-refractivity contribution in [2.24, 2.45) is 0 Å². The normalized spacial score (nSPS) is 11.6. The Morgan fingerprint density at radius 3 is 1.71 bits per heavy atom. The van der Waals surface area contributed by atoms with Crippen LogP contribution in [0, 0.1) is 0 Å². The summed E-state index contributed by atoms with van der Waals surface area (Å²) in [6, 6.07) is 73.5. The zero-order valence-electron chi connectivity index (χ0n) is 29.8. The maximum atomic E-state index is 2.45. The van der Waals surface area contributed by atoms with E-state index in [4.69, 9.17) is 0 Å². The molecule has 258 valence electrons. The fourth-order valence-electron chi connectivity index (χ4n) is 8.30. The monoisotopic (exact) mass is 735 g/mol. The highest BCUT2D eigenvalue weighted by Gasteiger charge is 2.20. The maximum Gasteiger partial charge on any atom is 0.0540 e. The third-order valence-corrected chi connectivity index (χ3v) is 13.2. The fraction of sp³-hybridized carbons (Fsp3) is 0. The average molecular weight is 736 g/mol. The van der Waals surface area contributed by atoms with E-state index in [1.165, 1.54) is 84.5 Å². The number of fused-ring (bicyclic) bond motifs is 7. The van der Waals surface area contributed by atoms with Gasteiger partial charge in [0.2, 0.25) is 0 Å². The van der Waals surface area contributed by atoms with E-state index in [0.717, 1.165) is 17.1 Å². The number of thiophene rings is 2. The zero-order chi connectivity index (χ0) is 36.3. The molecule has 3 heteroatoms. The molecule has 2 aromatic heterocycles. The predicted octanol–water partition coefficient (Wildman–Crippen LogP) is 16.0. The molecule has 11 rings (SSSR count). The van der Waals surface area contributed by atoms with Gasteiger partial charge in [0.05, 0.1) is 5.69 Å². The molecule has 0 radical (unpaired) electrons. The second kappa shape index (κ2) is 13.1. The number of rotatable bonds is 6. The number of hydrogen-bond acceptors (Lipinski definition) is 3. The van der Waals surface area contributed by atoms with Crippen molar-refractivity contribution < 1.29 is 0 Å². The highest BCUT2D eigenvalue weighted by Crippen LogP contribution is 2.46. The van der Waals surface area contributed by atoms with Gasteiger partial charge in [0.25, 0.3) is 0 Å². The van der Waals surface area contributed by atoms with Crippen LogP contribution in [0.2, 0.25) is 0 Å². The summed E-state index contributed by atoms with van der Waals surface area (Å²) >= 11 is 3.75. The Kier molecular flexibility index (Phi) is 7.61. The number of anilines is 3. The van der Waals surface area contributed by atoms with Gasteiger partial charge in [-0.1, -0.05) is 152 Å². The van der Waals surface area contributed by atoms with Crippen molar-refractivity contribution in [1.82, 2.24) is 0 Å². The molecule has 0 aliphatic rings. The topological polar surface area (TPSA) is 3.24 Å². The second-order valence-corrected chi connectivity index (χ2v) is 16.2. The molecule has 0 amide bonds. The minimum Gasteiger partial charge on any atom is -0.310 e. The number of para-hydroxylation sites is 1. The van der Waals surface area contributed by atoms with Gasteiger partial charge in [0.1, 0.15) is 0 Å². The van der Waals surface area contributed by atoms with E-state index in [0.29, 0.717) is 0 Å². The summed E-state index contributed by atoms with van der Waals surface area (Å²) in [6.07, 6.45) is 0. The zero-order valence-corrected chi connectivity index (χ0v) is 31.4. The molecule has 0 unspecified atom stereocenters. The quantitative estimate of drug-likeness (QED) is 0.164. The molecule has 0 saturated heterocycles. The van der Waals surface area contributed by atoms with Crippen LogP contribution in [0.15, 0.2) is 200 Å². The van der Waals surface area contributed by atoms with Gasteiger partial charge in [-0.25, -0.2) is 0 Å². The Bertz CT molecular complexity index is 3230. The highest BCUT2D eigenvalue weighted by atomic mass is 32.1. The van der Waals surface area contributed by atoms with Crippen molar-refractivity contribution >= 4 is 90.9 Å². The molecule has 0 aliphatic carbocycles. The highest BCUT2D eigenvalue weighted by molar-refractivity contribution is 7.26.